The van der Waals surface area contributed by atoms with E-state index in [0.29, 0.717) is 19.7 Å². The van der Waals surface area contributed by atoms with Gasteiger partial charge >= 0.3 is 0 Å². The van der Waals surface area contributed by atoms with Gasteiger partial charge in [-0.25, -0.2) is 4.99 Å². The van der Waals surface area contributed by atoms with Crippen molar-refractivity contribution in [2.24, 2.45) is 4.99 Å². The summed E-state index contributed by atoms with van der Waals surface area (Å²) in [5.74, 6) is 2.43. The topological polar surface area (TPSA) is 71.7 Å². The van der Waals surface area contributed by atoms with Crippen molar-refractivity contribution in [3.8, 4) is 5.75 Å². The molecule has 0 atom stereocenters. The Balaban J connectivity index is 2.03. The van der Waals surface area contributed by atoms with E-state index in [0.717, 1.165) is 41.7 Å². The van der Waals surface area contributed by atoms with Crippen LogP contribution in [0, 0.1) is 6.92 Å². The van der Waals surface area contributed by atoms with Crippen LogP contribution in [0.4, 0.5) is 0 Å². The highest BCUT2D eigenvalue weighted by molar-refractivity contribution is 5.79. The Hall–Kier alpha value is -2.50. The molecule has 1 heterocycles. The average molecular weight is 344 g/mol. The summed E-state index contributed by atoms with van der Waals surface area (Å²) in [5, 5.41) is 10.5. The first kappa shape index (κ1) is 18.8. The summed E-state index contributed by atoms with van der Waals surface area (Å²) in [6.45, 7) is 10.7. The van der Waals surface area contributed by atoms with Gasteiger partial charge in [0.05, 0.1) is 25.4 Å². The average Bonchev–Trinajstić information content (AvgIpc) is 3.07. The number of rotatable bonds is 8. The molecule has 0 fully saturated rings. The summed E-state index contributed by atoms with van der Waals surface area (Å²) >= 11 is 0. The molecule has 0 amide bonds. The molecule has 0 aliphatic carbocycles. The lowest BCUT2D eigenvalue weighted by atomic mass is 10.1. The summed E-state index contributed by atoms with van der Waals surface area (Å²) in [6, 6.07) is 8.16. The Kier molecular flexibility index (Phi) is 7.32. The van der Waals surface area contributed by atoms with Crippen molar-refractivity contribution < 1.29 is 9.26 Å². The minimum atomic E-state index is 0.543. The van der Waals surface area contributed by atoms with Gasteiger partial charge in [0.25, 0.3) is 0 Å². The highest BCUT2D eigenvalue weighted by Gasteiger charge is 2.06. The highest BCUT2D eigenvalue weighted by atomic mass is 16.5. The predicted octanol–water partition coefficient (Wildman–Crippen LogP) is 3.20. The van der Waals surface area contributed by atoms with Gasteiger partial charge in [0.15, 0.2) is 11.7 Å². The number of hydrogen-bond donors (Lipinski definition) is 2. The fourth-order valence-electron chi connectivity index (χ4n) is 2.36. The Morgan fingerprint density at radius 1 is 1.20 bits per heavy atom. The zero-order valence-electron chi connectivity index (χ0n) is 15.6. The second kappa shape index (κ2) is 9.71. The van der Waals surface area contributed by atoms with E-state index in [1.54, 1.807) is 0 Å². The first-order chi connectivity index (χ1) is 12.2. The van der Waals surface area contributed by atoms with Crippen LogP contribution in [-0.4, -0.2) is 24.3 Å². The molecule has 0 radical (unpaired) electrons. The van der Waals surface area contributed by atoms with Crippen molar-refractivity contribution in [3.05, 3.63) is 46.8 Å². The first-order valence-electron chi connectivity index (χ1n) is 8.85. The van der Waals surface area contributed by atoms with Crippen LogP contribution >= 0.6 is 0 Å². The van der Waals surface area contributed by atoms with Gasteiger partial charge in [-0.2, -0.15) is 0 Å². The van der Waals surface area contributed by atoms with Crippen molar-refractivity contribution in [1.82, 2.24) is 15.8 Å². The molecule has 0 unspecified atom stereocenters. The Morgan fingerprint density at radius 2 is 2.04 bits per heavy atom. The number of aryl methyl sites for hydroxylation is 2. The van der Waals surface area contributed by atoms with E-state index >= 15 is 0 Å². The van der Waals surface area contributed by atoms with Gasteiger partial charge in [0.1, 0.15) is 5.75 Å². The summed E-state index contributed by atoms with van der Waals surface area (Å²) < 4.78 is 11.0. The number of aliphatic imine (C=N–C) groups is 1. The third-order valence-electron chi connectivity index (χ3n) is 3.67. The molecule has 2 aromatic rings. The van der Waals surface area contributed by atoms with E-state index in [1.165, 1.54) is 5.56 Å². The van der Waals surface area contributed by atoms with Crippen molar-refractivity contribution in [1.29, 1.82) is 0 Å². The van der Waals surface area contributed by atoms with Crippen molar-refractivity contribution in [3.63, 3.8) is 0 Å². The molecule has 0 aliphatic heterocycles. The molecule has 0 aliphatic rings. The molecule has 1 aromatic heterocycles. The van der Waals surface area contributed by atoms with Gasteiger partial charge in [-0.05, 0) is 38.8 Å². The third kappa shape index (κ3) is 5.81. The van der Waals surface area contributed by atoms with Gasteiger partial charge in [-0.15, -0.1) is 0 Å². The molecule has 6 heteroatoms. The van der Waals surface area contributed by atoms with Crippen molar-refractivity contribution in [2.75, 3.05) is 13.2 Å². The summed E-state index contributed by atoms with van der Waals surface area (Å²) in [5.41, 5.74) is 3.20. The second-order valence-electron chi connectivity index (χ2n) is 5.73. The van der Waals surface area contributed by atoms with E-state index in [-0.39, 0.29) is 0 Å². The number of benzene rings is 1. The largest absolute Gasteiger partial charge is 0.494 e. The van der Waals surface area contributed by atoms with Crippen LogP contribution < -0.4 is 15.4 Å². The molecule has 0 saturated heterocycles. The Labute approximate surface area is 149 Å². The van der Waals surface area contributed by atoms with E-state index in [9.17, 15) is 0 Å². The first-order valence-corrected chi connectivity index (χ1v) is 8.85. The van der Waals surface area contributed by atoms with E-state index in [2.05, 4.69) is 52.8 Å². The van der Waals surface area contributed by atoms with Crippen LogP contribution in [0.15, 0.2) is 33.8 Å². The number of hydrogen-bond acceptors (Lipinski definition) is 4. The SMILES string of the molecule is CCNC(=NCc1ccc(C)cc1OCC)NCc1cc(CC)no1. The number of aromatic nitrogens is 1. The van der Waals surface area contributed by atoms with E-state index < -0.39 is 0 Å². The number of nitrogens with one attached hydrogen (secondary N) is 2. The Bertz CT molecular complexity index is 694. The predicted molar refractivity (Wildman–Crippen MR) is 99.9 cm³/mol. The van der Waals surface area contributed by atoms with Crippen LogP contribution in [0.2, 0.25) is 0 Å². The van der Waals surface area contributed by atoms with E-state index in [1.807, 2.05) is 19.9 Å². The minimum absolute atomic E-state index is 0.543. The quantitative estimate of drug-likeness (QED) is 0.568. The molecular weight excluding hydrogens is 316 g/mol. The normalized spacial score (nSPS) is 11.4. The molecule has 0 saturated carbocycles. The zero-order chi connectivity index (χ0) is 18.1. The maximum Gasteiger partial charge on any atom is 0.191 e. The van der Waals surface area contributed by atoms with E-state index in [4.69, 9.17) is 9.26 Å². The van der Waals surface area contributed by atoms with Crippen LogP contribution in [0.1, 0.15) is 43.4 Å². The molecule has 2 rings (SSSR count). The fraction of sp³-hybridized carbons (Fsp3) is 0.474. The maximum atomic E-state index is 5.72. The third-order valence-corrected chi connectivity index (χ3v) is 3.67. The molecule has 0 spiro atoms. The van der Waals surface area contributed by atoms with Crippen LogP contribution in [0.25, 0.3) is 0 Å². The maximum absolute atomic E-state index is 5.72. The smallest absolute Gasteiger partial charge is 0.191 e. The minimum Gasteiger partial charge on any atom is -0.494 e. The standard InChI is InChI=1S/C19H28N4O2/c1-5-16-11-17(25-23-16)13-22-19(20-6-2)21-12-15-9-8-14(4)10-18(15)24-7-3/h8-11H,5-7,12-13H2,1-4H3,(H2,20,21,22). The van der Waals surface area contributed by atoms with Gasteiger partial charge < -0.3 is 19.9 Å². The lowest BCUT2D eigenvalue weighted by Gasteiger charge is -2.12. The molecule has 0 bridgehead atoms. The summed E-state index contributed by atoms with van der Waals surface area (Å²) in [4.78, 5) is 4.65. The van der Waals surface area contributed by atoms with Gasteiger partial charge in [-0.3, -0.25) is 0 Å². The van der Waals surface area contributed by atoms with Crippen molar-refractivity contribution in [2.45, 2.75) is 47.2 Å². The van der Waals surface area contributed by atoms with Gasteiger partial charge in [-0.1, -0.05) is 24.2 Å². The van der Waals surface area contributed by atoms with Crippen LogP contribution in [0.5, 0.6) is 5.75 Å². The van der Waals surface area contributed by atoms with Crippen molar-refractivity contribution >= 4 is 5.96 Å². The monoisotopic (exact) mass is 344 g/mol. The number of nitrogens with zero attached hydrogens (tertiary/aromatic N) is 2. The fourth-order valence-corrected chi connectivity index (χ4v) is 2.36. The summed E-state index contributed by atoms with van der Waals surface area (Å²) in [7, 11) is 0. The molecule has 136 valence electrons. The lowest BCUT2D eigenvalue weighted by molar-refractivity contribution is 0.336. The molecule has 6 nitrogen and oxygen atoms in total. The number of ether oxygens (including phenoxy) is 1. The van der Waals surface area contributed by atoms with Crippen LogP contribution in [0.3, 0.4) is 0 Å². The molecule has 2 N–H and O–H groups in total. The zero-order valence-corrected chi connectivity index (χ0v) is 15.6. The van der Waals surface area contributed by atoms with Gasteiger partial charge in [0, 0.05) is 18.2 Å². The second-order valence-corrected chi connectivity index (χ2v) is 5.73. The van der Waals surface area contributed by atoms with Crippen LogP contribution in [-0.2, 0) is 19.5 Å². The summed E-state index contributed by atoms with van der Waals surface area (Å²) in [6.07, 6.45) is 0.866. The Morgan fingerprint density at radius 3 is 2.72 bits per heavy atom. The number of guanidine groups is 1. The van der Waals surface area contributed by atoms with Gasteiger partial charge in [0.2, 0.25) is 0 Å². The lowest BCUT2D eigenvalue weighted by Crippen LogP contribution is -2.36. The molecule has 25 heavy (non-hydrogen) atoms. The molecule has 1 aromatic carbocycles. The highest BCUT2D eigenvalue weighted by Crippen LogP contribution is 2.21. The molecular formula is C19H28N4O2.